The van der Waals surface area contributed by atoms with Crippen LogP contribution >= 0.6 is 7.82 Å². The third-order valence-corrected chi connectivity index (χ3v) is 11.7. The van der Waals surface area contributed by atoms with Crippen LogP contribution in [0.3, 0.4) is 0 Å². The van der Waals surface area contributed by atoms with Crippen molar-refractivity contribution in [3.63, 3.8) is 0 Å². The van der Waals surface area contributed by atoms with Gasteiger partial charge in [-0.1, -0.05) is 226 Å². The second kappa shape index (κ2) is 43.6. The normalized spacial score (nSPS) is 13.1. The number of rotatable bonds is 46. The first-order valence-corrected chi connectivity index (χ1v) is 25.5. The maximum Gasteiger partial charge on any atom is 0.472 e. The number of phosphoric acid groups is 1. The highest BCUT2D eigenvalue weighted by Gasteiger charge is 2.26. The number of carbonyl (C=O) groups is 2. The summed E-state index contributed by atoms with van der Waals surface area (Å²) >= 11 is 0. The summed E-state index contributed by atoms with van der Waals surface area (Å²) < 4.78 is 32.9. The van der Waals surface area contributed by atoms with Crippen molar-refractivity contribution in [3.05, 3.63) is 0 Å². The maximum atomic E-state index is 12.6. The minimum atomic E-state index is -4.37. The molecule has 0 radical (unpaired) electrons. The lowest BCUT2D eigenvalue weighted by atomic mass is 10.0. The van der Waals surface area contributed by atoms with E-state index in [2.05, 4.69) is 13.8 Å². The molecule has 56 heavy (non-hydrogen) atoms. The molecular weight excluding hydrogens is 725 g/mol. The van der Waals surface area contributed by atoms with Gasteiger partial charge in [0.1, 0.15) is 6.61 Å². The average Bonchev–Trinajstić information content (AvgIpc) is 3.18. The summed E-state index contributed by atoms with van der Waals surface area (Å²) in [5, 5.41) is 0. The van der Waals surface area contributed by atoms with Gasteiger partial charge in [0, 0.05) is 19.4 Å². The van der Waals surface area contributed by atoms with E-state index in [0.29, 0.717) is 6.42 Å². The molecule has 0 amide bonds. The molecule has 1 unspecified atom stereocenters. The van der Waals surface area contributed by atoms with Gasteiger partial charge < -0.3 is 20.1 Å². The Hall–Kier alpha value is -0.990. The van der Waals surface area contributed by atoms with Gasteiger partial charge in [-0.15, -0.1) is 0 Å². The Labute approximate surface area is 346 Å². The lowest BCUT2D eigenvalue weighted by molar-refractivity contribution is -0.161. The van der Waals surface area contributed by atoms with Crippen molar-refractivity contribution in [3.8, 4) is 0 Å². The predicted octanol–water partition coefficient (Wildman–Crippen LogP) is 14.0. The molecule has 0 aromatic heterocycles. The first kappa shape index (κ1) is 55.0. The molecule has 0 aliphatic heterocycles. The SMILES string of the molecule is CCCCCCCCCCCCCCCCCCCCCCC(=O)OC[C@H](COP(=O)(O)OCCN)OC(=O)CCCCCCCCCCCCCCCCC. The highest BCUT2D eigenvalue weighted by molar-refractivity contribution is 7.47. The number of unbranched alkanes of at least 4 members (excludes halogenated alkanes) is 33. The standard InChI is InChI=1S/C46H92NO8P/c1-3-5-7-9-11-13-15-17-19-20-21-22-23-25-26-28-30-32-34-36-38-45(48)52-42-44(43-54-56(50,51)53-41-40-47)55-46(49)39-37-35-33-31-29-27-24-18-16-14-12-10-8-6-4-2/h44H,3-43,47H2,1-2H3,(H,50,51)/t44-/m1/s1. The highest BCUT2D eigenvalue weighted by atomic mass is 31.2. The van der Waals surface area contributed by atoms with Crippen LogP contribution in [0.2, 0.25) is 0 Å². The number of hydrogen-bond acceptors (Lipinski definition) is 8. The molecule has 3 N–H and O–H groups in total. The van der Waals surface area contributed by atoms with Crippen molar-refractivity contribution in [2.24, 2.45) is 5.73 Å². The average molecular weight is 818 g/mol. The van der Waals surface area contributed by atoms with Crippen LogP contribution in [0.15, 0.2) is 0 Å². The summed E-state index contributed by atoms with van der Waals surface area (Å²) in [5.74, 6) is -0.809. The zero-order valence-corrected chi connectivity index (χ0v) is 37.8. The largest absolute Gasteiger partial charge is 0.472 e. The molecule has 0 saturated carbocycles. The van der Waals surface area contributed by atoms with Gasteiger partial charge in [-0.2, -0.15) is 0 Å². The molecular formula is C46H92NO8P. The van der Waals surface area contributed by atoms with Crippen LogP contribution in [0.1, 0.15) is 251 Å². The van der Waals surface area contributed by atoms with Crippen LogP contribution in [0.4, 0.5) is 0 Å². The molecule has 0 spiro atoms. The van der Waals surface area contributed by atoms with E-state index in [9.17, 15) is 19.0 Å². The van der Waals surface area contributed by atoms with Crippen molar-refractivity contribution in [2.45, 2.75) is 258 Å². The van der Waals surface area contributed by atoms with Gasteiger partial charge in [0.2, 0.25) is 0 Å². The first-order chi connectivity index (χ1) is 27.3. The number of ether oxygens (including phenoxy) is 2. The second-order valence-electron chi connectivity index (χ2n) is 16.3. The quantitative estimate of drug-likeness (QED) is 0.0350. The van der Waals surface area contributed by atoms with Crippen molar-refractivity contribution in [2.75, 3.05) is 26.4 Å². The smallest absolute Gasteiger partial charge is 0.462 e. The number of hydrogen-bond donors (Lipinski definition) is 2. The topological polar surface area (TPSA) is 134 Å². The molecule has 9 nitrogen and oxygen atoms in total. The van der Waals surface area contributed by atoms with E-state index in [0.717, 1.165) is 32.1 Å². The van der Waals surface area contributed by atoms with E-state index < -0.39 is 26.5 Å². The highest BCUT2D eigenvalue weighted by Crippen LogP contribution is 2.43. The fraction of sp³-hybridized carbons (Fsp3) is 0.957. The van der Waals surface area contributed by atoms with E-state index in [1.807, 2.05) is 0 Å². The fourth-order valence-electron chi connectivity index (χ4n) is 7.17. The molecule has 334 valence electrons. The van der Waals surface area contributed by atoms with Crippen LogP contribution in [0.5, 0.6) is 0 Å². The minimum Gasteiger partial charge on any atom is -0.462 e. The van der Waals surface area contributed by atoms with Crippen molar-refractivity contribution in [1.29, 1.82) is 0 Å². The van der Waals surface area contributed by atoms with Gasteiger partial charge in [0.05, 0.1) is 13.2 Å². The van der Waals surface area contributed by atoms with Crippen LogP contribution in [0.25, 0.3) is 0 Å². The molecule has 0 heterocycles. The van der Waals surface area contributed by atoms with Gasteiger partial charge >= 0.3 is 19.8 Å². The summed E-state index contributed by atoms with van der Waals surface area (Å²) in [6, 6.07) is 0. The minimum absolute atomic E-state index is 0.0582. The molecule has 0 aromatic carbocycles. The fourth-order valence-corrected chi connectivity index (χ4v) is 7.93. The lowest BCUT2D eigenvalue weighted by Gasteiger charge is -2.19. The monoisotopic (exact) mass is 818 g/mol. The molecule has 0 fully saturated rings. The molecule has 0 bridgehead atoms. The summed E-state index contributed by atoms with van der Waals surface area (Å²) in [5.41, 5.74) is 5.36. The van der Waals surface area contributed by atoms with Crippen LogP contribution in [-0.2, 0) is 32.7 Å². The Bertz CT molecular complexity index is 891. The van der Waals surface area contributed by atoms with Gasteiger partial charge in [-0.3, -0.25) is 18.6 Å². The van der Waals surface area contributed by atoms with E-state index in [-0.39, 0.29) is 38.6 Å². The first-order valence-electron chi connectivity index (χ1n) is 24.0. The van der Waals surface area contributed by atoms with Crippen molar-refractivity contribution in [1.82, 2.24) is 0 Å². The summed E-state index contributed by atoms with van der Waals surface area (Å²) in [6.45, 7) is 3.79. The Kier molecular flexibility index (Phi) is 42.8. The van der Waals surface area contributed by atoms with E-state index in [4.69, 9.17) is 24.3 Å². The second-order valence-corrected chi connectivity index (χ2v) is 17.8. The Morgan fingerprint density at radius 1 is 0.464 bits per heavy atom. The van der Waals surface area contributed by atoms with E-state index in [1.54, 1.807) is 0 Å². The van der Waals surface area contributed by atoms with Gasteiger partial charge in [0.15, 0.2) is 6.10 Å². The molecule has 0 saturated heterocycles. The maximum absolute atomic E-state index is 12.6. The Balaban J connectivity index is 4.01. The molecule has 10 heteroatoms. The van der Waals surface area contributed by atoms with Gasteiger partial charge in [-0.25, -0.2) is 4.57 Å². The zero-order valence-electron chi connectivity index (χ0n) is 36.9. The predicted molar refractivity (Wildman–Crippen MR) is 234 cm³/mol. The molecule has 0 aliphatic rings. The molecule has 0 aromatic rings. The van der Waals surface area contributed by atoms with Gasteiger partial charge in [0.25, 0.3) is 0 Å². The molecule has 2 atom stereocenters. The van der Waals surface area contributed by atoms with E-state index in [1.165, 1.54) is 186 Å². The van der Waals surface area contributed by atoms with Crippen LogP contribution < -0.4 is 5.73 Å². The van der Waals surface area contributed by atoms with Gasteiger partial charge in [-0.05, 0) is 12.8 Å². The molecule has 0 aliphatic carbocycles. The summed E-state index contributed by atoms with van der Waals surface area (Å²) in [6.07, 6.45) is 44.2. The number of nitrogens with two attached hydrogens (primary N) is 1. The van der Waals surface area contributed by atoms with E-state index >= 15 is 0 Å². The van der Waals surface area contributed by atoms with Crippen molar-refractivity contribution >= 4 is 19.8 Å². The zero-order chi connectivity index (χ0) is 41.1. The van der Waals surface area contributed by atoms with Crippen molar-refractivity contribution < 1.29 is 37.6 Å². The number of carbonyl (C=O) groups excluding carboxylic acids is 2. The third kappa shape index (κ3) is 42.6. The molecule has 0 rings (SSSR count). The van der Waals surface area contributed by atoms with Crippen LogP contribution in [-0.4, -0.2) is 49.3 Å². The summed E-state index contributed by atoms with van der Waals surface area (Å²) in [7, 11) is -4.37. The Morgan fingerprint density at radius 2 is 0.768 bits per heavy atom. The van der Waals surface area contributed by atoms with Crippen LogP contribution in [0, 0.1) is 0 Å². The Morgan fingerprint density at radius 3 is 1.09 bits per heavy atom. The lowest BCUT2D eigenvalue weighted by Crippen LogP contribution is -2.29. The third-order valence-electron chi connectivity index (χ3n) is 10.7. The number of phosphoric ester groups is 1. The summed E-state index contributed by atoms with van der Waals surface area (Å²) in [4.78, 5) is 34.9. The number of esters is 2.